The van der Waals surface area contributed by atoms with Crippen LogP contribution in [-0.4, -0.2) is 9.97 Å². The molecule has 0 atom stereocenters. The van der Waals surface area contributed by atoms with Crippen molar-refractivity contribution in [2.45, 2.75) is 38.5 Å². The van der Waals surface area contributed by atoms with Gasteiger partial charge in [-0.05, 0) is 73.8 Å². The molecule has 54 heavy (non-hydrogen) atoms. The van der Waals surface area contributed by atoms with Gasteiger partial charge in [0.25, 0.3) is 0 Å². The van der Waals surface area contributed by atoms with Crippen molar-refractivity contribution in [2.75, 3.05) is 0 Å². The van der Waals surface area contributed by atoms with E-state index in [9.17, 15) is 0 Å². The average molecular weight is 693 g/mol. The van der Waals surface area contributed by atoms with Crippen LogP contribution in [0.25, 0.3) is 78.4 Å². The molecule has 0 N–H and O–H groups in total. The van der Waals surface area contributed by atoms with Gasteiger partial charge in [-0.15, -0.1) is 0 Å². The maximum absolute atomic E-state index is 5.54. The number of hydrogen-bond acceptors (Lipinski definition) is 2. The van der Waals surface area contributed by atoms with E-state index < -0.39 is 0 Å². The van der Waals surface area contributed by atoms with Crippen LogP contribution in [0.3, 0.4) is 0 Å². The quantitative estimate of drug-likeness (QED) is 0.179. The van der Waals surface area contributed by atoms with Gasteiger partial charge in [0, 0.05) is 33.1 Å². The fraction of sp³-hybridized carbons (Fsp3) is 0.115. The first-order valence-corrected chi connectivity index (χ1v) is 18.9. The molecule has 2 aliphatic carbocycles. The van der Waals surface area contributed by atoms with Crippen LogP contribution < -0.4 is 0 Å². The highest BCUT2D eigenvalue weighted by Gasteiger charge is 2.42. The molecule has 0 unspecified atom stereocenters. The third-order valence-electron chi connectivity index (χ3n) is 11.9. The first kappa shape index (κ1) is 32.3. The molecular formula is C52H40N2. The Balaban J connectivity index is 1.18. The Kier molecular flexibility index (Phi) is 7.22. The van der Waals surface area contributed by atoms with Crippen LogP contribution in [0, 0.1) is 0 Å². The van der Waals surface area contributed by atoms with Crippen LogP contribution in [0.2, 0.25) is 0 Å². The Morgan fingerprint density at radius 3 is 1.31 bits per heavy atom. The summed E-state index contributed by atoms with van der Waals surface area (Å²) in [6, 6.07) is 61.1. The van der Waals surface area contributed by atoms with E-state index in [1.54, 1.807) is 0 Å². The van der Waals surface area contributed by atoms with Crippen molar-refractivity contribution in [3.05, 3.63) is 192 Å². The molecule has 10 rings (SSSR count). The van der Waals surface area contributed by atoms with E-state index in [2.05, 4.69) is 185 Å². The van der Waals surface area contributed by atoms with Crippen molar-refractivity contribution in [1.29, 1.82) is 0 Å². The molecule has 0 saturated heterocycles. The summed E-state index contributed by atoms with van der Waals surface area (Å²) in [5, 5.41) is 0. The fourth-order valence-corrected chi connectivity index (χ4v) is 9.08. The summed E-state index contributed by atoms with van der Waals surface area (Å²) < 4.78 is 0. The molecule has 0 spiro atoms. The highest BCUT2D eigenvalue weighted by Crippen LogP contribution is 2.57. The molecule has 0 bridgehead atoms. The summed E-state index contributed by atoms with van der Waals surface area (Å²) in [4.78, 5) is 11.0. The van der Waals surface area contributed by atoms with Crippen molar-refractivity contribution >= 4 is 0 Å². The Morgan fingerprint density at radius 2 is 0.704 bits per heavy atom. The highest BCUT2D eigenvalue weighted by molar-refractivity contribution is 5.97. The molecule has 0 amide bonds. The predicted octanol–water partition coefficient (Wildman–Crippen LogP) is 13.4. The van der Waals surface area contributed by atoms with Crippen LogP contribution in [0.5, 0.6) is 0 Å². The van der Waals surface area contributed by atoms with Crippen molar-refractivity contribution in [3.63, 3.8) is 0 Å². The van der Waals surface area contributed by atoms with Crippen molar-refractivity contribution < 1.29 is 0 Å². The van der Waals surface area contributed by atoms with Crippen molar-refractivity contribution in [2.24, 2.45) is 0 Å². The normalized spacial score (nSPS) is 14.2. The van der Waals surface area contributed by atoms with Gasteiger partial charge in [-0.3, -0.25) is 0 Å². The van der Waals surface area contributed by atoms with Gasteiger partial charge in [0.05, 0.1) is 22.8 Å². The molecule has 0 fully saturated rings. The Morgan fingerprint density at radius 1 is 0.296 bits per heavy atom. The van der Waals surface area contributed by atoms with Gasteiger partial charge in [-0.1, -0.05) is 179 Å². The summed E-state index contributed by atoms with van der Waals surface area (Å²) in [6.45, 7) is 9.52. The van der Waals surface area contributed by atoms with Gasteiger partial charge in [0.15, 0.2) is 0 Å². The third-order valence-corrected chi connectivity index (χ3v) is 11.9. The molecule has 1 heterocycles. The predicted molar refractivity (Wildman–Crippen MR) is 224 cm³/mol. The van der Waals surface area contributed by atoms with Crippen LogP contribution in [0.15, 0.2) is 170 Å². The smallest absolute Gasteiger partial charge is 0.0973 e. The number of benzene rings is 7. The maximum Gasteiger partial charge on any atom is 0.0973 e. The maximum atomic E-state index is 5.54. The van der Waals surface area contributed by atoms with Gasteiger partial charge in [-0.2, -0.15) is 0 Å². The Bertz CT molecular complexity index is 2740. The lowest BCUT2D eigenvalue weighted by Gasteiger charge is -2.24. The zero-order valence-corrected chi connectivity index (χ0v) is 31.1. The fourth-order valence-electron chi connectivity index (χ4n) is 9.08. The second-order valence-electron chi connectivity index (χ2n) is 15.8. The third kappa shape index (κ3) is 4.87. The lowest BCUT2D eigenvalue weighted by molar-refractivity contribution is 0.652. The molecule has 2 aliphatic rings. The van der Waals surface area contributed by atoms with Gasteiger partial charge >= 0.3 is 0 Å². The number of fused-ring (bicyclic) bond motifs is 6. The largest absolute Gasteiger partial charge is 0.243 e. The van der Waals surface area contributed by atoms with Gasteiger partial charge in [-0.25, -0.2) is 9.97 Å². The summed E-state index contributed by atoms with van der Waals surface area (Å²) in [7, 11) is 0. The van der Waals surface area contributed by atoms with Crippen LogP contribution >= 0.6 is 0 Å². The number of aromatic nitrogens is 2. The first-order chi connectivity index (χ1) is 26.3. The molecule has 7 aromatic carbocycles. The monoisotopic (exact) mass is 692 g/mol. The summed E-state index contributed by atoms with van der Waals surface area (Å²) in [5.74, 6) is 0. The summed E-state index contributed by atoms with van der Waals surface area (Å²) in [6.07, 6.45) is 0. The molecule has 0 aliphatic heterocycles. The van der Waals surface area contributed by atoms with Crippen molar-refractivity contribution in [1.82, 2.24) is 9.97 Å². The van der Waals surface area contributed by atoms with Gasteiger partial charge in [0.1, 0.15) is 0 Å². The van der Waals surface area contributed by atoms with E-state index in [0.717, 1.165) is 45.0 Å². The Hall–Kier alpha value is -6.38. The Labute approximate surface area is 317 Å². The molecule has 2 heteroatoms. The van der Waals surface area contributed by atoms with E-state index in [1.807, 2.05) is 12.1 Å². The van der Waals surface area contributed by atoms with Crippen LogP contribution in [-0.2, 0) is 10.8 Å². The van der Waals surface area contributed by atoms with E-state index in [1.165, 1.54) is 55.6 Å². The molecule has 1 aromatic heterocycles. The van der Waals surface area contributed by atoms with Crippen LogP contribution in [0.4, 0.5) is 0 Å². The number of rotatable bonds is 5. The summed E-state index contributed by atoms with van der Waals surface area (Å²) >= 11 is 0. The minimum atomic E-state index is -0.140. The van der Waals surface area contributed by atoms with E-state index in [0.29, 0.717) is 0 Å². The van der Waals surface area contributed by atoms with E-state index in [4.69, 9.17) is 9.97 Å². The first-order valence-electron chi connectivity index (χ1n) is 18.9. The molecular weight excluding hydrogens is 653 g/mol. The van der Waals surface area contributed by atoms with Gasteiger partial charge < -0.3 is 0 Å². The molecule has 2 nitrogen and oxygen atoms in total. The topological polar surface area (TPSA) is 25.8 Å². The standard InChI is InChI=1S/C52H40N2/c1-51(2)42-28-15-14-26-39(42)40-31-45-41(32-44(40)51)46-38(27-17-29-43(46)52(45,3)4)36-24-16-25-37(30-36)50-49(35-22-12-7-13-23-35)53-47(33-18-8-5-9-19-33)48(54-50)34-20-10-6-11-21-34/h5-32H,1-4H3. The second kappa shape index (κ2) is 12.1. The highest BCUT2D eigenvalue weighted by atomic mass is 14.9. The summed E-state index contributed by atoms with van der Waals surface area (Å²) in [5.41, 5.74) is 20.8. The van der Waals surface area contributed by atoms with Crippen LogP contribution in [0.1, 0.15) is 49.9 Å². The molecule has 0 radical (unpaired) electrons. The zero-order chi connectivity index (χ0) is 36.6. The lowest BCUT2D eigenvalue weighted by atomic mass is 9.79. The second-order valence-corrected chi connectivity index (χ2v) is 15.8. The number of nitrogens with zero attached hydrogens (tertiary/aromatic N) is 2. The number of hydrogen-bond donors (Lipinski definition) is 0. The minimum absolute atomic E-state index is 0.0718. The molecule has 258 valence electrons. The van der Waals surface area contributed by atoms with E-state index >= 15 is 0 Å². The van der Waals surface area contributed by atoms with Gasteiger partial charge in [0.2, 0.25) is 0 Å². The zero-order valence-electron chi connectivity index (χ0n) is 31.1. The van der Waals surface area contributed by atoms with E-state index in [-0.39, 0.29) is 10.8 Å². The van der Waals surface area contributed by atoms with Crippen molar-refractivity contribution in [3.8, 4) is 78.4 Å². The minimum Gasteiger partial charge on any atom is -0.243 e. The average Bonchev–Trinajstić information content (AvgIpc) is 3.59. The lowest BCUT2D eigenvalue weighted by Crippen LogP contribution is -2.16. The SMILES string of the molecule is CC1(C)c2ccccc2-c2cc3c(cc21)-c1c(-c2cccc(-c4nc(-c5ccccc5)c(-c5ccccc5)nc4-c4ccccc4)c2)cccc1C3(C)C. The molecule has 0 saturated carbocycles. The molecule has 8 aromatic rings.